The van der Waals surface area contributed by atoms with Gasteiger partial charge in [0.1, 0.15) is 0 Å². The molecule has 3 nitrogen and oxygen atoms in total. The molecule has 13 heavy (non-hydrogen) atoms. The molecule has 0 aliphatic heterocycles. The number of pyridine rings is 1. The van der Waals surface area contributed by atoms with Crippen LogP contribution in [0.3, 0.4) is 0 Å². The summed E-state index contributed by atoms with van der Waals surface area (Å²) in [4.78, 5) is 16.6. The van der Waals surface area contributed by atoms with E-state index in [1.807, 2.05) is 24.5 Å². The van der Waals surface area contributed by atoms with Crippen molar-refractivity contribution < 1.29 is 4.79 Å². The minimum Gasteiger partial charge on any atom is -0.368 e. The normalized spacial score (nSPS) is 8.31. The molecule has 0 saturated heterocycles. The Hall–Kier alpha value is -1.90. The smallest absolute Gasteiger partial charge is 0.151 e. The molecule has 2 aromatic heterocycles. The standard InChI is InChI=1S/C6H5NO.C4H5N/c8-5-6-2-1-3-7-4-6;1-2-4-5-3-1/h1-5H;1-5H. The Morgan fingerprint density at radius 3 is 2.31 bits per heavy atom. The minimum atomic E-state index is 0.618. The fourth-order valence-electron chi connectivity index (χ4n) is 0.723. The van der Waals surface area contributed by atoms with Gasteiger partial charge in [-0.15, -0.1) is 0 Å². The number of aromatic amines is 1. The third kappa shape index (κ3) is 3.86. The summed E-state index contributed by atoms with van der Waals surface area (Å²) in [6.45, 7) is 0. The zero-order chi connectivity index (χ0) is 9.36. The van der Waals surface area contributed by atoms with Gasteiger partial charge in [0, 0.05) is 30.4 Å². The molecule has 0 amide bonds. The van der Waals surface area contributed by atoms with Crippen LogP contribution < -0.4 is 0 Å². The van der Waals surface area contributed by atoms with Crippen LogP contribution in [0.5, 0.6) is 0 Å². The van der Waals surface area contributed by atoms with Crippen molar-refractivity contribution in [3.63, 3.8) is 0 Å². The largest absolute Gasteiger partial charge is 0.368 e. The van der Waals surface area contributed by atoms with E-state index in [9.17, 15) is 4.79 Å². The van der Waals surface area contributed by atoms with E-state index in [0.717, 1.165) is 6.29 Å². The van der Waals surface area contributed by atoms with E-state index >= 15 is 0 Å². The van der Waals surface area contributed by atoms with E-state index in [-0.39, 0.29) is 0 Å². The summed E-state index contributed by atoms with van der Waals surface area (Å²) < 4.78 is 0. The first kappa shape index (κ1) is 9.19. The van der Waals surface area contributed by atoms with Gasteiger partial charge in [0.25, 0.3) is 0 Å². The second kappa shape index (κ2) is 5.71. The van der Waals surface area contributed by atoms with Gasteiger partial charge in [-0.2, -0.15) is 0 Å². The fraction of sp³-hybridized carbons (Fsp3) is 0. The third-order valence-corrected chi connectivity index (χ3v) is 1.32. The maximum atomic E-state index is 9.97. The molecule has 66 valence electrons. The molecular formula is C10H10N2O. The molecule has 0 fully saturated rings. The molecule has 2 heterocycles. The number of rotatable bonds is 1. The van der Waals surface area contributed by atoms with Gasteiger partial charge in [0.05, 0.1) is 0 Å². The van der Waals surface area contributed by atoms with Crippen LogP contribution in [0.25, 0.3) is 0 Å². The average Bonchev–Trinajstić information content (AvgIpc) is 2.77. The number of hydrogen-bond acceptors (Lipinski definition) is 2. The number of H-pyrrole nitrogens is 1. The topological polar surface area (TPSA) is 45.8 Å². The Morgan fingerprint density at radius 1 is 1.23 bits per heavy atom. The van der Waals surface area contributed by atoms with Gasteiger partial charge in [0.15, 0.2) is 6.29 Å². The summed E-state index contributed by atoms with van der Waals surface area (Å²) in [5.41, 5.74) is 0.618. The first-order chi connectivity index (χ1) is 6.43. The summed E-state index contributed by atoms with van der Waals surface area (Å²) in [5.74, 6) is 0. The first-order valence-electron chi connectivity index (χ1n) is 3.86. The highest BCUT2D eigenvalue weighted by Gasteiger charge is 1.81. The molecule has 0 radical (unpaired) electrons. The van der Waals surface area contributed by atoms with Gasteiger partial charge in [-0.1, -0.05) is 0 Å². The lowest BCUT2D eigenvalue weighted by Gasteiger charge is -1.81. The number of nitrogens with zero attached hydrogens (tertiary/aromatic N) is 1. The zero-order valence-corrected chi connectivity index (χ0v) is 7.05. The third-order valence-electron chi connectivity index (χ3n) is 1.32. The van der Waals surface area contributed by atoms with Gasteiger partial charge in [-0.05, 0) is 24.3 Å². The highest BCUT2D eigenvalue weighted by atomic mass is 16.1. The van der Waals surface area contributed by atoms with Crippen LogP contribution in [0.4, 0.5) is 0 Å². The Morgan fingerprint density at radius 2 is 2.00 bits per heavy atom. The van der Waals surface area contributed by atoms with Gasteiger partial charge in [-0.3, -0.25) is 9.78 Å². The van der Waals surface area contributed by atoms with E-state index in [0.29, 0.717) is 5.56 Å². The van der Waals surface area contributed by atoms with Crippen molar-refractivity contribution >= 4 is 6.29 Å². The molecule has 0 bridgehead atoms. The second-order valence-electron chi connectivity index (χ2n) is 2.29. The molecule has 0 saturated carbocycles. The Bertz CT molecular complexity index is 299. The van der Waals surface area contributed by atoms with Crippen LogP contribution in [-0.4, -0.2) is 16.3 Å². The SMILES string of the molecule is O=Cc1cccnc1.c1cc[nH]c1. The molecule has 0 spiro atoms. The van der Waals surface area contributed by atoms with E-state index in [2.05, 4.69) is 9.97 Å². The molecule has 0 aliphatic carbocycles. The average molecular weight is 174 g/mol. The minimum absolute atomic E-state index is 0.618. The van der Waals surface area contributed by atoms with Gasteiger partial charge in [0.2, 0.25) is 0 Å². The quantitative estimate of drug-likeness (QED) is 0.671. The molecule has 3 heteroatoms. The molecule has 1 N–H and O–H groups in total. The lowest BCUT2D eigenvalue weighted by Crippen LogP contribution is -1.77. The Balaban J connectivity index is 0.000000145. The first-order valence-corrected chi connectivity index (χ1v) is 3.86. The number of aromatic nitrogens is 2. The molecule has 2 aromatic rings. The predicted molar refractivity (Wildman–Crippen MR) is 50.4 cm³/mol. The molecular weight excluding hydrogens is 164 g/mol. The maximum Gasteiger partial charge on any atom is 0.151 e. The molecule has 0 aliphatic rings. The maximum absolute atomic E-state index is 9.97. The number of carbonyl (C=O) groups excluding carboxylic acids is 1. The Labute approximate surface area is 76.4 Å². The summed E-state index contributed by atoms with van der Waals surface area (Å²) >= 11 is 0. The lowest BCUT2D eigenvalue weighted by atomic mass is 10.3. The number of carbonyl (C=O) groups is 1. The molecule has 0 aromatic carbocycles. The molecule has 2 rings (SSSR count). The van der Waals surface area contributed by atoms with E-state index in [1.54, 1.807) is 18.3 Å². The van der Waals surface area contributed by atoms with Crippen molar-refractivity contribution in [3.05, 3.63) is 54.6 Å². The van der Waals surface area contributed by atoms with Crippen LogP contribution in [0, 0.1) is 0 Å². The molecule has 0 unspecified atom stereocenters. The monoisotopic (exact) mass is 174 g/mol. The number of hydrogen-bond donors (Lipinski definition) is 1. The zero-order valence-electron chi connectivity index (χ0n) is 7.05. The Kier molecular flexibility index (Phi) is 4.04. The van der Waals surface area contributed by atoms with Crippen LogP contribution in [-0.2, 0) is 0 Å². The van der Waals surface area contributed by atoms with Gasteiger partial charge >= 0.3 is 0 Å². The van der Waals surface area contributed by atoms with Crippen molar-refractivity contribution in [3.8, 4) is 0 Å². The highest BCUT2D eigenvalue weighted by molar-refractivity contribution is 5.73. The van der Waals surface area contributed by atoms with Gasteiger partial charge in [-0.25, -0.2) is 0 Å². The van der Waals surface area contributed by atoms with Gasteiger partial charge < -0.3 is 4.98 Å². The lowest BCUT2D eigenvalue weighted by molar-refractivity contribution is 0.112. The van der Waals surface area contributed by atoms with E-state index < -0.39 is 0 Å². The van der Waals surface area contributed by atoms with Crippen molar-refractivity contribution in [2.75, 3.05) is 0 Å². The molecule has 0 atom stereocenters. The van der Waals surface area contributed by atoms with E-state index in [1.165, 1.54) is 6.20 Å². The van der Waals surface area contributed by atoms with Crippen LogP contribution in [0.15, 0.2) is 49.1 Å². The number of nitrogens with one attached hydrogen (secondary N) is 1. The summed E-state index contributed by atoms with van der Waals surface area (Å²) in [7, 11) is 0. The van der Waals surface area contributed by atoms with Crippen molar-refractivity contribution in [1.29, 1.82) is 0 Å². The highest BCUT2D eigenvalue weighted by Crippen LogP contribution is 1.87. The predicted octanol–water partition coefficient (Wildman–Crippen LogP) is 1.91. The second-order valence-corrected chi connectivity index (χ2v) is 2.29. The van der Waals surface area contributed by atoms with Crippen LogP contribution in [0.2, 0.25) is 0 Å². The summed E-state index contributed by atoms with van der Waals surface area (Å²) in [6.07, 6.45) is 7.67. The van der Waals surface area contributed by atoms with Crippen molar-refractivity contribution in [2.24, 2.45) is 0 Å². The fourth-order valence-corrected chi connectivity index (χ4v) is 0.723. The van der Waals surface area contributed by atoms with E-state index in [4.69, 9.17) is 0 Å². The van der Waals surface area contributed by atoms with Crippen molar-refractivity contribution in [1.82, 2.24) is 9.97 Å². The number of aldehydes is 1. The summed E-state index contributed by atoms with van der Waals surface area (Å²) in [5, 5.41) is 0. The van der Waals surface area contributed by atoms with Crippen molar-refractivity contribution in [2.45, 2.75) is 0 Å². The van der Waals surface area contributed by atoms with Crippen LogP contribution >= 0.6 is 0 Å². The summed E-state index contributed by atoms with van der Waals surface area (Å²) in [6, 6.07) is 7.32. The van der Waals surface area contributed by atoms with Crippen LogP contribution in [0.1, 0.15) is 10.4 Å².